The molecule has 0 atom stereocenters. The molecule has 0 heterocycles. The lowest BCUT2D eigenvalue weighted by Crippen LogP contribution is -2.37. The highest BCUT2D eigenvalue weighted by molar-refractivity contribution is 4.73. The molecule has 0 aromatic rings. The quantitative estimate of drug-likeness (QED) is 0.501. The Hall–Kier alpha value is -0.340. The first-order chi connectivity index (χ1) is 5.95. The molecule has 0 amide bonds. The number of nitrogens with zero attached hydrogens (tertiary/aromatic N) is 1. The molecule has 0 rings (SSSR count). The molecule has 2 nitrogen and oxygen atoms in total. The second-order valence-corrected chi connectivity index (χ2v) is 4.58. The number of hydrogen-bond donors (Lipinski definition) is 1. The fourth-order valence-corrected chi connectivity index (χ4v) is 1.12. The normalized spacial score (nSPS) is 12.1. The molecular formula is C11H24N2. The van der Waals surface area contributed by atoms with Crippen LogP contribution in [0.5, 0.6) is 0 Å². The molecule has 0 saturated carbocycles. The lowest BCUT2D eigenvalue weighted by Gasteiger charge is -2.21. The molecule has 0 aliphatic rings. The van der Waals surface area contributed by atoms with Gasteiger partial charge in [-0.2, -0.15) is 0 Å². The summed E-state index contributed by atoms with van der Waals surface area (Å²) in [6.07, 6.45) is 3.14. The molecule has 0 aromatic heterocycles. The fraction of sp³-hybridized carbons (Fsp3) is 0.818. The minimum Gasteiger partial charge on any atom is -0.312 e. The van der Waals surface area contributed by atoms with Gasteiger partial charge in [-0.25, -0.2) is 0 Å². The summed E-state index contributed by atoms with van der Waals surface area (Å²) < 4.78 is 0. The molecule has 78 valence electrons. The highest BCUT2D eigenvalue weighted by Gasteiger charge is 2.07. The van der Waals surface area contributed by atoms with Crippen LogP contribution in [0.15, 0.2) is 12.7 Å². The van der Waals surface area contributed by atoms with Gasteiger partial charge in [0.15, 0.2) is 0 Å². The zero-order valence-electron chi connectivity index (χ0n) is 9.56. The number of nitrogens with one attached hydrogen (secondary N) is 1. The molecule has 0 bridgehead atoms. The lowest BCUT2D eigenvalue weighted by atomic mass is 10.1. The maximum absolute atomic E-state index is 3.71. The molecule has 0 spiro atoms. The maximum Gasteiger partial charge on any atom is 0.0157 e. The maximum atomic E-state index is 3.71. The van der Waals surface area contributed by atoms with E-state index in [1.54, 1.807) is 0 Å². The van der Waals surface area contributed by atoms with Gasteiger partial charge in [-0.1, -0.05) is 6.08 Å². The Kier molecular flexibility index (Phi) is 6.00. The van der Waals surface area contributed by atoms with Crippen LogP contribution in [0.2, 0.25) is 0 Å². The smallest absolute Gasteiger partial charge is 0.0157 e. The van der Waals surface area contributed by atoms with Gasteiger partial charge in [-0.05, 0) is 47.3 Å². The van der Waals surface area contributed by atoms with E-state index >= 15 is 0 Å². The zero-order chi connectivity index (χ0) is 10.3. The van der Waals surface area contributed by atoms with Gasteiger partial charge in [-0.15, -0.1) is 6.58 Å². The van der Waals surface area contributed by atoms with Gasteiger partial charge in [0, 0.05) is 12.1 Å². The highest BCUT2D eigenvalue weighted by Crippen LogP contribution is 1.98. The molecule has 0 aromatic carbocycles. The summed E-state index contributed by atoms with van der Waals surface area (Å²) in [4.78, 5) is 2.28. The molecule has 0 aliphatic heterocycles. The first kappa shape index (κ1) is 12.7. The first-order valence-corrected chi connectivity index (χ1v) is 5.00. The number of rotatable bonds is 6. The van der Waals surface area contributed by atoms with Crippen LogP contribution in [0.25, 0.3) is 0 Å². The van der Waals surface area contributed by atoms with E-state index in [0.717, 1.165) is 19.6 Å². The summed E-state index contributed by atoms with van der Waals surface area (Å²) >= 11 is 0. The van der Waals surface area contributed by atoms with Gasteiger partial charge in [-0.3, -0.25) is 0 Å². The van der Waals surface area contributed by atoms with Crippen LogP contribution in [0.1, 0.15) is 27.2 Å². The van der Waals surface area contributed by atoms with Crippen LogP contribution in [-0.2, 0) is 0 Å². The van der Waals surface area contributed by atoms with Crippen molar-refractivity contribution < 1.29 is 0 Å². The van der Waals surface area contributed by atoms with Gasteiger partial charge in [0.05, 0.1) is 0 Å². The van der Waals surface area contributed by atoms with Crippen molar-refractivity contribution in [2.45, 2.75) is 32.7 Å². The minimum absolute atomic E-state index is 0.247. The largest absolute Gasteiger partial charge is 0.312 e. The molecule has 0 fully saturated rings. The molecule has 2 heteroatoms. The molecule has 1 N–H and O–H groups in total. The van der Waals surface area contributed by atoms with Crippen molar-refractivity contribution in [2.24, 2.45) is 0 Å². The van der Waals surface area contributed by atoms with E-state index in [2.05, 4.69) is 44.6 Å². The molecule has 0 aliphatic carbocycles. The Morgan fingerprint density at radius 2 is 2.00 bits per heavy atom. The van der Waals surface area contributed by atoms with Crippen molar-refractivity contribution in [2.75, 3.05) is 26.7 Å². The predicted molar refractivity (Wildman–Crippen MR) is 60.1 cm³/mol. The summed E-state index contributed by atoms with van der Waals surface area (Å²) in [5.41, 5.74) is 0.247. The number of likely N-dealkylation sites (N-methyl/N-ethyl adjacent to an activating group) is 1. The molecular weight excluding hydrogens is 160 g/mol. The van der Waals surface area contributed by atoms with E-state index in [4.69, 9.17) is 0 Å². The fourth-order valence-electron chi connectivity index (χ4n) is 1.12. The summed E-state index contributed by atoms with van der Waals surface area (Å²) in [6, 6.07) is 0. The van der Waals surface area contributed by atoms with Gasteiger partial charge in [0.2, 0.25) is 0 Å². The third-order valence-electron chi connectivity index (χ3n) is 1.81. The molecule has 13 heavy (non-hydrogen) atoms. The van der Waals surface area contributed by atoms with Crippen molar-refractivity contribution in [3.63, 3.8) is 0 Å². The van der Waals surface area contributed by atoms with E-state index < -0.39 is 0 Å². The Labute approximate surface area is 83.0 Å². The van der Waals surface area contributed by atoms with Crippen molar-refractivity contribution in [3.05, 3.63) is 12.7 Å². The second-order valence-electron chi connectivity index (χ2n) is 4.58. The lowest BCUT2D eigenvalue weighted by molar-refractivity contribution is 0.343. The van der Waals surface area contributed by atoms with Gasteiger partial charge >= 0.3 is 0 Å². The van der Waals surface area contributed by atoms with Crippen LogP contribution >= 0.6 is 0 Å². The van der Waals surface area contributed by atoms with E-state index in [9.17, 15) is 0 Å². The third kappa shape index (κ3) is 9.57. The molecule has 0 saturated heterocycles. The van der Waals surface area contributed by atoms with Gasteiger partial charge in [0.25, 0.3) is 0 Å². The first-order valence-electron chi connectivity index (χ1n) is 5.00. The summed E-state index contributed by atoms with van der Waals surface area (Å²) in [5.74, 6) is 0. The topological polar surface area (TPSA) is 15.3 Å². The monoisotopic (exact) mass is 184 g/mol. The highest BCUT2D eigenvalue weighted by atomic mass is 15.1. The van der Waals surface area contributed by atoms with Gasteiger partial charge in [0.1, 0.15) is 0 Å². The molecule has 0 unspecified atom stereocenters. The van der Waals surface area contributed by atoms with E-state index in [-0.39, 0.29) is 5.54 Å². The Balaban J connectivity index is 3.30. The van der Waals surface area contributed by atoms with Crippen LogP contribution < -0.4 is 5.32 Å². The van der Waals surface area contributed by atoms with Crippen molar-refractivity contribution in [1.29, 1.82) is 0 Å². The Morgan fingerprint density at radius 3 is 2.46 bits per heavy atom. The standard InChI is InChI=1S/C11H24N2/c1-6-9-13(5)10-7-8-12-11(2,3)4/h6,12H,1,7-10H2,2-5H3. The summed E-state index contributed by atoms with van der Waals surface area (Å²) in [7, 11) is 2.12. The summed E-state index contributed by atoms with van der Waals surface area (Å²) in [5, 5.41) is 3.47. The molecule has 0 radical (unpaired) electrons. The third-order valence-corrected chi connectivity index (χ3v) is 1.81. The van der Waals surface area contributed by atoms with Crippen LogP contribution in [0.4, 0.5) is 0 Å². The van der Waals surface area contributed by atoms with E-state index in [0.29, 0.717) is 0 Å². The van der Waals surface area contributed by atoms with E-state index in [1.165, 1.54) is 6.42 Å². The predicted octanol–water partition coefficient (Wildman–Crippen LogP) is 1.88. The Bertz CT molecular complexity index is 136. The van der Waals surface area contributed by atoms with Crippen LogP contribution in [0, 0.1) is 0 Å². The average molecular weight is 184 g/mol. The van der Waals surface area contributed by atoms with Crippen LogP contribution in [0.3, 0.4) is 0 Å². The van der Waals surface area contributed by atoms with Crippen molar-refractivity contribution in [3.8, 4) is 0 Å². The summed E-state index contributed by atoms with van der Waals surface area (Å²) in [6.45, 7) is 13.5. The zero-order valence-corrected chi connectivity index (χ0v) is 9.56. The average Bonchev–Trinajstić information content (AvgIpc) is 1.97. The Morgan fingerprint density at radius 1 is 1.38 bits per heavy atom. The minimum atomic E-state index is 0.247. The van der Waals surface area contributed by atoms with Crippen molar-refractivity contribution in [1.82, 2.24) is 10.2 Å². The van der Waals surface area contributed by atoms with Crippen LogP contribution in [-0.4, -0.2) is 37.1 Å². The second kappa shape index (κ2) is 6.17. The SMILES string of the molecule is C=CCN(C)CCCNC(C)(C)C. The van der Waals surface area contributed by atoms with Gasteiger partial charge < -0.3 is 10.2 Å². The van der Waals surface area contributed by atoms with E-state index in [1.807, 2.05) is 6.08 Å². The van der Waals surface area contributed by atoms with Crippen molar-refractivity contribution >= 4 is 0 Å². The number of hydrogen-bond acceptors (Lipinski definition) is 2.